The Morgan fingerprint density at radius 1 is 1.13 bits per heavy atom. The van der Waals surface area contributed by atoms with Crippen LogP contribution < -0.4 is 15.8 Å². The van der Waals surface area contributed by atoms with Crippen molar-refractivity contribution in [1.82, 2.24) is 24.6 Å². The zero-order chi connectivity index (χ0) is 22.0. The molecule has 1 N–H and O–H groups in total. The first-order valence-corrected chi connectivity index (χ1v) is 11.0. The lowest BCUT2D eigenvalue weighted by Gasteiger charge is -2.27. The summed E-state index contributed by atoms with van der Waals surface area (Å²) in [5.41, 5.74) is 4.43. The molecule has 1 amide bonds. The van der Waals surface area contributed by atoms with E-state index >= 15 is 0 Å². The maximum atomic E-state index is 13.3. The Hall–Kier alpha value is -3.16. The first kappa shape index (κ1) is 21.1. The van der Waals surface area contributed by atoms with Crippen molar-refractivity contribution in [2.45, 2.75) is 52.6 Å². The predicted octanol–water partition coefficient (Wildman–Crippen LogP) is 2.44. The van der Waals surface area contributed by atoms with E-state index in [1.807, 2.05) is 49.8 Å². The lowest BCUT2D eigenvalue weighted by atomic mass is 10.1. The molecule has 0 aliphatic carbocycles. The molecule has 0 saturated carbocycles. The van der Waals surface area contributed by atoms with Gasteiger partial charge in [0.2, 0.25) is 5.91 Å². The number of hydrogen-bond donors (Lipinski definition) is 1. The SMILES string of the molecule is Cc1nn(C)c(C)c1CNC(=O)CCn1c(=O)c(N2CCCCC2)nc2ccccc21. The van der Waals surface area contributed by atoms with Crippen LogP contribution in [0.3, 0.4) is 0 Å². The van der Waals surface area contributed by atoms with Crippen molar-refractivity contribution in [3.8, 4) is 0 Å². The first-order chi connectivity index (χ1) is 15.0. The molecule has 1 aliphatic heterocycles. The lowest BCUT2D eigenvalue weighted by molar-refractivity contribution is -0.121. The zero-order valence-electron chi connectivity index (χ0n) is 18.5. The number of fused-ring (bicyclic) bond motifs is 1. The van der Waals surface area contributed by atoms with Gasteiger partial charge in [-0.2, -0.15) is 5.10 Å². The van der Waals surface area contributed by atoms with Crippen LogP contribution >= 0.6 is 0 Å². The molecule has 1 fully saturated rings. The highest BCUT2D eigenvalue weighted by Crippen LogP contribution is 2.18. The fraction of sp³-hybridized carbons (Fsp3) is 0.478. The molecule has 0 bridgehead atoms. The number of hydrogen-bond acceptors (Lipinski definition) is 5. The van der Waals surface area contributed by atoms with Crippen LogP contribution in [0, 0.1) is 13.8 Å². The van der Waals surface area contributed by atoms with Gasteiger partial charge < -0.3 is 14.8 Å². The summed E-state index contributed by atoms with van der Waals surface area (Å²) in [7, 11) is 1.90. The molecule has 8 heteroatoms. The summed E-state index contributed by atoms with van der Waals surface area (Å²) >= 11 is 0. The summed E-state index contributed by atoms with van der Waals surface area (Å²) in [6.45, 7) is 6.40. The molecule has 3 heterocycles. The number of anilines is 1. The van der Waals surface area contributed by atoms with Gasteiger partial charge in [0, 0.05) is 50.9 Å². The number of para-hydroxylation sites is 2. The van der Waals surface area contributed by atoms with E-state index in [0.717, 1.165) is 53.9 Å². The second kappa shape index (κ2) is 8.91. The summed E-state index contributed by atoms with van der Waals surface area (Å²) in [6.07, 6.45) is 3.56. The van der Waals surface area contributed by atoms with Gasteiger partial charge in [-0.3, -0.25) is 14.3 Å². The van der Waals surface area contributed by atoms with Gasteiger partial charge in [0.25, 0.3) is 5.56 Å². The fourth-order valence-corrected chi connectivity index (χ4v) is 4.27. The van der Waals surface area contributed by atoms with Gasteiger partial charge in [0.05, 0.1) is 16.7 Å². The van der Waals surface area contributed by atoms with Crippen molar-refractivity contribution in [3.05, 3.63) is 51.6 Å². The largest absolute Gasteiger partial charge is 0.352 e. The minimum Gasteiger partial charge on any atom is -0.352 e. The number of carbonyl (C=O) groups is 1. The normalized spacial score (nSPS) is 14.2. The first-order valence-electron chi connectivity index (χ1n) is 11.0. The lowest BCUT2D eigenvalue weighted by Crippen LogP contribution is -2.37. The number of carbonyl (C=O) groups excluding carboxylic acids is 1. The van der Waals surface area contributed by atoms with Crippen molar-refractivity contribution in [2.75, 3.05) is 18.0 Å². The second-order valence-electron chi connectivity index (χ2n) is 8.23. The molecule has 164 valence electrons. The summed E-state index contributed by atoms with van der Waals surface area (Å²) < 4.78 is 3.52. The number of rotatable bonds is 6. The Bertz CT molecular complexity index is 1160. The monoisotopic (exact) mass is 422 g/mol. The number of amides is 1. The molecule has 31 heavy (non-hydrogen) atoms. The number of piperidine rings is 1. The van der Waals surface area contributed by atoms with Crippen LogP contribution in [0.5, 0.6) is 0 Å². The molecular formula is C23H30N6O2. The van der Waals surface area contributed by atoms with Crippen molar-refractivity contribution in [2.24, 2.45) is 7.05 Å². The molecule has 3 aromatic rings. The van der Waals surface area contributed by atoms with Crippen LogP contribution in [0.4, 0.5) is 5.82 Å². The van der Waals surface area contributed by atoms with Crippen LogP contribution in [0.1, 0.15) is 42.6 Å². The average molecular weight is 423 g/mol. The fourth-order valence-electron chi connectivity index (χ4n) is 4.27. The summed E-state index contributed by atoms with van der Waals surface area (Å²) in [5.74, 6) is 0.412. The van der Waals surface area contributed by atoms with E-state index < -0.39 is 0 Å². The molecule has 2 aromatic heterocycles. The third kappa shape index (κ3) is 4.33. The Morgan fingerprint density at radius 2 is 1.87 bits per heavy atom. The van der Waals surface area contributed by atoms with E-state index in [9.17, 15) is 9.59 Å². The minimum absolute atomic E-state index is 0.0880. The van der Waals surface area contributed by atoms with Crippen LogP contribution in [0.15, 0.2) is 29.1 Å². The molecule has 0 atom stereocenters. The van der Waals surface area contributed by atoms with Crippen molar-refractivity contribution < 1.29 is 4.79 Å². The van der Waals surface area contributed by atoms with E-state index in [-0.39, 0.29) is 17.9 Å². The zero-order valence-corrected chi connectivity index (χ0v) is 18.5. The Balaban J connectivity index is 1.52. The quantitative estimate of drug-likeness (QED) is 0.660. The number of nitrogens with zero attached hydrogens (tertiary/aromatic N) is 5. The number of benzene rings is 1. The third-order valence-corrected chi connectivity index (χ3v) is 6.17. The van der Waals surface area contributed by atoms with Crippen molar-refractivity contribution >= 4 is 22.8 Å². The predicted molar refractivity (Wildman–Crippen MR) is 121 cm³/mol. The van der Waals surface area contributed by atoms with Gasteiger partial charge in [-0.25, -0.2) is 4.98 Å². The third-order valence-electron chi connectivity index (χ3n) is 6.17. The van der Waals surface area contributed by atoms with Gasteiger partial charge in [0.15, 0.2) is 5.82 Å². The molecule has 1 aliphatic rings. The van der Waals surface area contributed by atoms with Gasteiger partial charge in [0.1, 0.15) is 0 Å². The van der Waals surface area contributed by atoms with E-state index in [4.69, 9.17) is 0 Å². The van der Waals surface area contributed by atoms with Crippen LogP contribution in [0.2, 0.25) is 0 Å². The topological polar surface area (TPSA) is 85.0 Å². The maximum Gasteiger partial charge on any atom is 0.294 e. The van der Waals surface area contributed by atoms with Crippen LogP contribution in [0.25, 0.3) is 11.0 Å². The maximum absolute atomic E-state index is 13.3. The summed E-state index contributed by atoms with van der Waals surface area (Å²) in [6, 6.07) is 7.64. The molecule has 8 nitrogen and oxygen atoms in total. The smallest absolute Gasteiger partial charge is 0.294 e. The highest BCUT2D eigenvalue weighted by atomic mass is 16.2. The number of nitrogens with one attached hydrogen (secondary N) is 1. The summed E-state index contributed by atoms with van der Waals surface area (Å²) in [5, 5.41) is 7.37. The van der Waals surface area contributed by atoms with Gasteiger partial charge in [-0.15, -0.1) is 0 Å². The standard InChI is InChI=1S/C23H30N6O2/c1-16-18(17(2)27(3)26-16)15-24-21(30)11-14-29-20-10-6-5-9-19(20)25-22(23(29)31)28-12-7-4-8-13-28/h5-6,9-10H,4,7-8,11-15H2,1-3H3,(H,24,30). The molecule has 4 rings (SSSR count). The van der Waals surface area contributed by atoms with Gasteiger partial charge in [-0.1, -0.05) is 12.1 Å². The molecule has 0 unspecified atom stereocenters. The van der Waals surface area contributed by atoms with Crippen LogP contribution in [-0.4, -0.2) is 38.3 Å². The van der Waals surface area contributed by atoms with Gasteiger partial charge >= 0.3 is 0 Å². The minimum atomic E-state index is -0.118. The van der Waals surface area contributed by atoms with E-state index in [2.05, 4.69) is 20.3 Å². The molecule has 1 saturated heterocycles. The van der Waals surface area contributed by atoms with E-state index in [1.54, 1.807) is 4.57 Å². The highest BCUT2D eigenvalue weighted by molar-refractivity contribution is 5.78. The number of aromatic nitrogens is 4. The Kier molecular flexibility index (Phi) is 6.06. The van der Waals surface area contributed by atoms with Crippen molar-refractivity contribution in [3.63, 3.8) is 0 Å². The second-order valence-corrected chi connectivity index (χ2v) is 8.23. The molecule has 0 spiro atoms. The average Bonchev–Trinajstić information content (AvgIpc) is 3.02. The number of aryl methyl sites for hydroxylation is 3. The van der Waals surface area contributed by atoms with E-state index in [1.165, 1.54) is 6.42 Å². The molecule has 0 radical (unpaired) electrons. The van der Waals surface area contributed by atoms with Gasteiger partial charge in [-0.05, 0) is 45.2 Å². The van der Waals surface area contributed by atoms with Crippen LogP contribution in [-0.2, 0) is 24.9 Å². The highest BCUT2D eigenvalue weighted by Gasteiger charge is 2.19. The Morgan fingerprint density at radius 3 is 2.58 bits per heavy atom. The van der Waals surface area contributed by atoms with E-state index in [0.29, 0.717) is 18.9 Å². The van der Waals surface area contributed by atoms with Crippen molar-refractivity contribution in [1.29, 1.82) is 0 Å². The summed E-state index contributed by atoms with van der Waals surface area (Å²) in [4.78, 5) is 32.6. The Labute approximate surface area is 181 Å². The molecule has 1 aromatic carbocycles. The molecular weight excluding hydrogens is 392 g/mol.